The molecule has 3 heterocycles. The van der Waals surface area contributed by atoms with E-state index < -0.39 is 0 Å². The van der Waals surface area contributed by atoms with Crippen molar-refractivity contribution in [1.82, 2.24) is 20.4 Å². The third-order valence-corrected chi connectivity index (χ3v) is 5.16. The normalized spacial score (nSPS) is 17.1. The Bertz CT molecular complexity index is 990. The molecular weight excluding hydrogens is 361 g/mol. The van der Waals surface area contributed by atoms with Crippen LogP contribution in [-0.2, 0) is 17.8 Å². The maximum absolute atomic E-state index is 13.8. The molecule has 8 heteroatoms. The van der Waals surface area contributed by atoms with Crippen LogP contribution in [0.2, 0.25) is 0 Å². The van der Waals surface area contributed by atoms with Crippen LogP contribution >= 0.6 is 0 Å². The third kappa shape index (κ3) is 3.54. The second kappa shape index (κ2) is 7.92. The molecule has 0 spiro atoms. The van der Waals surface area contributed by atoms with Gasteiger partial charge in [-0.25, -0.2) is 9.37 Å². The number of hydrogen-bond donors (Lipinski definition) is 1. The molecule has 1 fully saturated rings. The summed E-state index contributed by atoms with van der Waals surface area (Å²) in [5, 5.41) is 7.76. The van der Waals surface area contributed by atoms with Gasteiger partial charge in [0.15, 0.2) is 0 Å². The van der Waals surface area contributed by atoms with Crippen molar-refractivity contribution in [3.63, 3.8) is 0 Å². The van der Waals surface area contributed by atoms with Gasteiger partial charge in [0.05, 0.1) is 11.6 Å². The van der Waals surface area contributed by atoms with Crippen LogP contribution in [-0.4, -0.2) is 34.1 Å². The van der Waals surface area contributed by atoms with Gasteiger partial charge in [0.1, 0.15) is 23.3 Å². The largest absolute Gasteiger partial charge is 0.355 e. The topological polar surface area (TPSA) is 84.2 Å². The van der Waals surface area contributed by atoms with E-state index in [1.54, 1.807) is 18.2 Å². The van der Waals surface area contributed by atoms with E-state index in [-0.39, 0.29) is 24.2 Å². The number of nitrogens with one attached hydrogen (secondary N) is 1. The Morgan fingerprint density at radius 3 is 3.04 bits per heavy atom. The summed E-state index contributed by atoms with van der Waals surface area (Å²) in [4.78, 5) is 23.4. The minimum Gasteiger partial charge on any atom is -0.355 e. The Balaban J connectivity index is 1.48. The number of carbonyl (C=O) groups excluding carboxylic acids is 1. The summed E-state index contributed by atoms with van der Waals surface area (Å²) in [5.41, 5.74) is 1.77. The first kappa shape index (κ1) is 18.3. The molecule has 1 unspecified atom stereocenters. The van der Waals surface area contributed by atoms with E-state index in [0.29, 0.717) is 24.2 Å². The number of rotatable bonds is 5. The Kier molecular flexibility index (Phi) is 5.18. The first-order chi connectivity index (χ1) is 13.7. The predicted molar refractivity (Wildman–Crippen MR) is 102 cm³/mol. The fraction of sp³-hybridized carbons (Fsp3) is 0.400. The van der Waals surface area contributed by atoms with E-state index in [1.807, 2.05) is 6.92 Å². The maximum atomic E-state index is 13.8. The maximum Gasteiger partial charge on any atom is 0.263 e. The fourth-order valence-electron chi connectivity index (χ4n) is 3.66. The number of piperidine rings is 1. The van der Waals surface area contributed by atoms with Crippen LogP contribution in [0.5, 0.6) is 0 Å². The zero-order valence-electron chi connectivity index (χ0n) is 15.7. The quantitative estimate of drug-likeness (QED) is 0.729. The summed E-state index contributed by atoms with van der Waals surface area (Å²) >= 11 is 0. The van der Waals surface area contributed by atoms with Crippen LogP contribution in [0, 0.1) is 11.7 Å². The Morgan fingerprint density at radius 2 is 2.21 bits per heavy atom. The van der Waals surface area contributed by atoms with E-state index in [2.05, 4.69) is 25.3 Å². The number of hydrogen-bond acceptors (Lipinski definition) is 6. The average Bonchev–Trinajstić information content (AvgIpc) is 3.16. The lowest BCUT2D eigenvalue weighted by Gasteiger charge is -2.33. The molecular formula is C20H22FN5O2. The molecule has 1 amide bonds. The third-order valence-electron chi connectivity index (χ3n) is 5.16. The molecule has 1 saturated heterocycles. The molecule has 1 N–H and O–H groups in total. The molecule has 0 aliphatic carbocycles. The predicted octanol–water partition coefficient (Wildman–Crippen LogP) is 2.85. The van der Waals surface area contributed by atoms with Crippen LogP contribution in [0.25, 0.3) is 11.1 Å². The van der Waals surface area contributed by atoms with Gasteiger partial charge in [-0.3, -0.25) is 4.79 Å². The SMILES string of the molecule is CCc1noc2ncnc(N3CCCC(C(=O)NCc4ccccc4F)C3)c12. The highest BCUT2D eigenvalue weighted by molar-refractivity contribution is 5.88. The summed E-state index contributed by atoms with van der Waals surface area (Å²) in [6, 6.07) is 6.47. The van der Waals surface area contributed by atoms with Gasteiger partial charge in [0, 0.05) is 25.2 Å². The molecule has 2 aromatic heterocycles. The first-order valence-corrected chi connectivity index (χ1v) is 9.52. The monoisotopic (exact) mass is 383 g/mol. The molecule has 146 valence electrons. The lowest BCUT2D eigenvalue weighted by Crippen LogP contribution is -2.43. The number of aryl methyl sites for hydroxylation is 1. The van der Waals surface area contributed by atoms with Gasteiger partial charge in [0.25, 0.3) is 5.71 Å². The molecule has 1 atom stereocenters. The Labute approximate surface area is 161 Å². The van der Waals surface area contributed by atoms with Gasteiger partial charge in [-0.2, -0.15) is 4.98 Å². The number of halogens is 1. The molecule has 4 rings (SSSR count). The van der Waals surface area contributed by atoms with Crippen molar-refractivity contribution < 1.29 is 13.7 Å². The summed E-state index contributed by atoms with van der Waals surface area (Å²) < 4.78 is 19.1. The fourth-order valence-corrected chi connectivity index (χ4v) is 3.66. The summed E-state index contributed by atoms with van der Waals surface area (Å²) in [6.45, 7) is 3.54. The van der Waals surface area contributed by atoms with Gasteiger partial charge in [-0.1, -0.05) is 30.3 Å². The number of aromatic nitrogens is 3. The van der Waals surface area contributed by atoms with E-state index in [4.69, 9.17) is 4.52 Å². The number of benzene rings is 1. The van der Waals surface area contributed by atoms with Crippen LogP contribution in [0.15, 0.2) is 35.1 Å². The molecule has 1 aromatic carbocycles. The highest BCUT2D eigenvalue weighted by atomic mass is 19.1. The number of amides is 1. The number of anilines is 1. The summed E-state index contributed by atoms with van der Waals surface area (Å²) in [6.07, 6.45) is 3.84. The molecule has 7 nitrogen and oxygen atoms in total. The van der Waals surface area contributed by atoms with Crippen LogP contribution in [0.4, 0.5) is 10.2 Å². The second-order valence-corrected chi connectivity index (χ2v) is 6.95. The van der Waals surface area contributed by atoms with Crippen LogP contribution < -0.4 is 10.2 Å². The number of carbonyl (C=O) groups is 1. The summed E-state index contributed by atoms with van der Waals surface area (Å²) in [5.74, 6) is 0.195. The molecule has 1 aliphatic heterocycles. The zero-order chi connectivity index (χ0) is 19.5. The minimum absolute atomic E-state index is 0.0701. The zero-order valence-corrected chi connectivity index (χ0v) is 15.7. The molecule has 0 radical (unpaired) electrons. The Hall–Kier alpha value is -3.03. The van der Waals surface area contributed by atoms with Crippen molar-refractivity contribution in [1.29, 1.82) is 0 Å². The van der Waals surface area contributed by atoms with Crippen molar-refractivity contribution in [3.8, 4) is 0 Å². The highest BCUT2D eigenvalue weighted by Crippen LogP contribution is 2.30. The lowest BCUT2D eigenvalue weighted by atomic mass is 9.96. The van der Waals surface area contributed by atoms with Gasteiger partial charge < -0.3 is 14.7 Å². The van der Waals surface area contributed by atoms with Gasteiger partial charge >= 0.3 is 0 Å². The first-order valence-electron chi connectivity index (χ1n) is 9.52. The molecule has 0 saturated carbocycles. The average molecular weight is 383 g/mol. The molecule has 3 aromatic rings. The number of fused-ring (bicyclic) bond motifs is 1. The van der Waals surface area contributed by atoms with Crippen molar-refractivity contribution in [3.05, 3.63) is 47.7 Å². The Morgan fingerprint density at radius 1 is 1.36 bits per heavy atom. The van der Waals surface area contributed by atoms with Crippen LogP contribution in [0.1, 0.15) is 31.0 Å². The lowest BCUT2D eigenvalue weighted by molar-refractivity contribution is -0.125. The van der Waals surface area contributed by atoms with Crippen molar-refractivity contribution in [2.45, 2.75) is 32.7 Å². The standard InChI is InChI=1S/C20H22FN5O2/c1-2-16-17-18(23-12-24-20(17)28-25-16)26-9-5-7-14(11-26)19(27)22-10-13-6-3-4-8-15(13)21/h3-4,6,8,12,14H,2,5,7,9-11H2,1H3,(H,22,27). The molecule has 0 bridgehead atoms. The number of nitrogens with zero attached hydrogens (tertiary/aromatic N) is 4. The van der Waals surface area contributed by atoms with Gasteiger partial charge in [-0.05, 0) is 25.3 Å². The molecule has 1 aliphatic rings. The van der Waals surface area contributed by atoms with Crippen molar-refractivity contribution >= 4 is 22.8 Å². The minimum atomic E-state index is -0.309. The second-order valence-electron chi connectivity index (χ2n) is 6.95. The van der Waals surface area contributed by atoms with Gasteiger partial charge in [-0.15, -0.1) is 0 Å². The highest BCUT2D eigenvalue weighted by Gasteiger charge is 2.28. The molecule has 28 heavy (non-hydrogen) atoms. The van der Waals surface area contributed by atoms with E-state index in [9.17, 15) is 9.18 Å². The van der Waals surface area contributed by atoms with Crippen molar-refractivity contribution in [2.24, 2.45) is 5.92 Å². The van der Waals surface area contributed by atoms with E-state index in [0.717, 1.165) is 36.3 Å². The van der Waals surface area contributed by atoms with Crippen LogP contribution in [0.3, 0.4) is 0 Å². The van der Waals surface area contributed by atoms with Gasteiger partial charge in [0.2, 0.25) is 5.91 Å². The van der Waals surface area contributed by atoms with Crippen molar-refractivity contribution in [2.75, 3.05) is 18.0 Å². The smallest absolute Gasteiger partial charge is 0.263 e. The van der Waals surface area contributed by atoms with E-state index in [1.165, 1.54) is 12.4 Å². The summed E-state index contributed by atoms with van der Waals surface area (Å²) in [7, 11) is 0. The van der Waals surface area contributed by atoms with E-state index >= 15 is 0 Å².